The molecule has 32 heavy (non-hydrogen) atoms. The SMILES string of the molecule is Cc1cc(C(=O)N2CCCC2C(=O)Nc2ccc(OCCC(N)=O)cc2)ccc1[N+](=O)[O-]. The molecule has 10 heteroatoms. The largest absolute Gasteiger partial charge is 0.493 e. The van der Waals surface area contributed by atoms with Gasteiger partial charge in [0, 0.05) is 29.4 Å². The van der Waals surface area contributed by atoms with Gasteiger partial charge in [-0.3, -0.25) is 24.5 Å². The highest BCUT2D eigenvalue weighted by atomic mass is 16.6. The molecule has 3 N–H and O–H groups in total. The van der Waals surface area contributed by atoms with Crippen molar-refractivity contribution in [3.8, 4) is 5.75 Å². The predicted octanol–water partition coefficient (Wildman–Crippen LogP) is 2.40. The number of nitro groups is 1. The van der Waals surface area contributed by atoms with E-state index in [1.165, 1.54) is 23.1 Å². The molecule has 10 nitrogen and oxygen atoms in total. The van der Waals surface area contributed by atoms with Gasteiger partial charge in [-0.25, -0.2) is 0 Å². The lowest BCUT2D eigenvalue weighted by Gasteiger charge is -2.24. The van der Waals surface area contributed by atoms with Crippen LogP contribution < -0.4 is 15.8 Å². The Bertz CT molecular complexity index is 1040. The number of carbonyl (C=O) groups is 3. The van der Waals surface area contributed by atoms with Crippen LogP contribution in [0.15, 0.2) is 42.5 Å². The number of rotatable bonds is 8. The average molecular weight is 440 g/mol. The van der Waals surface area contributed by atoms with Crippen LogP contribution in [0, 0.1) is 17.0 Å². The minimum Gasteiger partial charge on any atom is -0.493 e. The Morgan fingerprint density at radius 1 is 1.22 bits per heavy atom. The van der Waals surface area contributed by atoms with Crippen molar-refractivity contribution in [2.45, 2.75) is 32.2 Å². The van der Waals surface area contributed by atoms with Crippen LogP contribution in [0.1, 0.15) is 35.2 Å². The van der Waals surface area contributed by atoms with E-state index in [1.54, 1.807) is 31.2 Å². The van der Waals surface area contributed by atoms with Crippen molar-refractivity contribution in [3.05, 3.63) is 63.7 Å². The van der Waals surface area contributed by atoms with E-state index >= 15 is 0 Å². The van der Waals surface area contributed by atoms with Gasteiger partial charge >= 0.3 is 0 Å². The Labute approximate surface area is 184 Å². The summed E-state index contributed by atoms with van der Waals surface area (Å²) in [5.41, 5.74) is 6.26. The summed E-state index contributed by atoms with van der Waals surface area (Å²) < 4.78 is 5.40. The summed E-state index contributed by atoms with van der Waals surface area (Å²) in [5.74, 6) is -0.556. The second-order valence-corrected chi connectivity index (χ2v) is 7.49. The maximum Gasteiger partial charge on any atom is 0.272 e. The first-order valence-electron chi connectivity index (χ1n) is 10.1. The molecule has 0 aromatic heterocycles. The van der Waals surface area contributed by atoms with Gasteiger partial charge in [0.2, 0.25) is 11.8 Å². The predicted molar refractivity (Wildman–Crippen MR) is 116 cm³/mol. The van der Waals surface area contributed by atoms with Crippen LogP contribution in [-0.2, 0) is 9.59 Å². The van der Waals surface area contributed by atoms with E-state index in [1.807, 2.05) is 0 Å². The molecule has 1 aliphatic heterocycles. The first-order chi connectivity index (χ1) is 15.3. The van der Waals surface area contributed by atoms with Gasteiger partial charge in [0.05, 0.1) is 18.0 Å². The summed E-state index contributed by atoms with van der Waals surface area (Å²) in [5, 5.41) is 13.8. The summed E-state index contributed by atoms with van der Waals surface area (Å²) in [4.78, 5) is 48.6. The number of anilines is 1. The molecular formula is C22H24N4O6. The van der Waals surface area contributed by atoms with E-state index in [2.05, 4.69) is 5.32 Å². The Balaban J connectivity index is 1.64. The van der Waals surface area contributed by atoms with Crippen molar-refractivity contribution in [1.29, 1.82) is 0 Å². The standard InChI is InChI=1S/C22H24N4O6/c1-14-13-15(4-9-18(14)26(30)31)22(29)25-11-2-3-19(25)21(28)24-16-5-7-17(8-6-16)32-12-10-20(23)27/h4-9,13,19H,2-3,10-12H2,1H3,(H2,23,27)(H,24,28). The van der Waals surface area contributed by atoms with E-state index in [0.717, 1.165) is 0 Å². The molecule has 0 saturated carbocycles. The Hall–Kier alpha value is -3.95. The Kier molecular flexibility index (Phi) is 7.04. The molecule has 1 unspecified atom stereocenters. The molecular weight excluding hydrogens is 416 g/mol. The van der Waals surface area contributed by atoms with Crippen molar-refractivity contribution in [3.63, 3.8) is 0 Å². The van der Waals surface area contributed by atoms with Gasteiger partial charge in [-0.1, -0.05) is 0 Å². The van der Waals surface area contributed by atoms with E-state index < -0.39 is 16.9 Å². The second-order valence-electron chi connectivity index (χ2n) is 7.49. The summed E-state index contributed by atoms with van der Waals surface area (Å²) in [6, 6.07) is 10.2. The molecule has 0 aliphatic carbocycles. The van der Waals surface area contributed by atoms with Crippen molar-refractivity contribution in [2.75, 3.05) is 18.5 Å². The highest BCUT2D eigenvalue weighted by Crippen LogP contribution is 2.25. The van der Waals surface area contributed by atoms with Crippen molar-refractivity contribution >= 4 is 29.1 Å². The molecule has 1 atom stereocenters. The van der Waals surface area contributed by atoms with Gasteiger partial charge in [0.15, 0.2) is 0 Å². The van der Waals surface area contributed by atoms with E-state index in [9.17, 15) is 24.5 Å². The van der Waals surface area contributed by atoms with E-state index in [4.69, 9.17) is 10.5 Å². The molecule has 1 aliphatic rings. The minimum absolute atomic E-state index is 0.0562. The van der Waals surface area contributed by atoms with Gasteiger partial charge in [-0.2, -0.15) is 0 Å². The number of hydrogen-bond donors (Lipinski definition) is 2. The third kappa shape index (κ3) is 5.39. The fourth-order valence-electron chi connectivity index (χ4n) is 3.57. The van der Waals surface area contributed by atoms with E-state index in [-0.39, 0.29) is 30.5 Å². The quantitative estimate of drug-likeness (QED) is 0.476. The average Bonchev–Trinajstić information content (AvgIpc) is 3.24. The molecule has 1 fully saturated rings. The van der Waals surface area contributed by atoms with Gasteiger partial charge in [0.1, 0.15) is 11.8 Å². The smallest absolute Gasteiger partial charge is 0.272 e. The zero-order valence-corrected chi connectivity index (χ0v) is 17.6. The highest BCUT2D eigenvalue weighted by Gasteiger charge is 2.35. The Morgan fingerprint density at radius 2 is 1.94 bits per heavy atom. The number of nitro benzene ring substituents is 1. The normalized spacial score (nSPS) is 15.3. The van der Waals surface area contributed by atoms with Gasteiger partial charge < -0.3 is 20.7 Å². The fourth-order valence-corrected chi connectivity index (χ4v) is 3.57. The van der Waals surface area contributed by atoms with Crippen LogP contribution in [0.4, 0.5) is 11.4 Å². The van der Waals surface area contributed by atoms with Crippen molar-refractivity contribution in [2.24, 2.45) is 5.73 Å². The molecule has 2 aromatic rings. The number of benzene rings is 2. The monoisotopic (exact) mass is 440 g/mol. The summed E-state index contributed by atoms with van der Waals surface area (Å²) in [6.45, 7) is 2.17. The second kappa shape index (κ2) is 9.90. The van der Waals surface area contributed by atoms with Crippen LogP contribution in [0.5, 0.6) is 5.75 Å². The summed E-state index contributed by atoms with van der Waals surface area (Å²) in [7, 11) is 0. The van der Waals surface area contributed by atoms with Crippen LogP contribution in [0.3, 0.4) is 0 Å². The molecule has 0 radical (unpaired) electrons. The van der Waals surface area contributed by atoms with Crippen LogP contribution >= 0.6 is 0 Å². The number of amides is 3. The van der Waals surface area contributed by atoms with Crippen molar-refractivity contribution in [1.82, 2.24) is 4.90 Å². The molecule has 168 valence electrons. The van der Waals surface area contributed by atoms with Gasteiger partial charge in [0.25, 0.3) is 11.6 Å². The van der Waals surface area contributed by atoms with E-state index in [0.29, 0.717) is 42.0 Å². The third-order valence-electron chi connectivity index (χ3n) is 5.20. The third-order valence-corrected chi connectivity index (χ3v) is 5.20. The number of aryl methyl sites for hydroxylation is 1. The topological polar surface area (TPSA) is 145 Å². The number of likely N-dealkylation sites (tertiary alicyclic amines) is 1. The number of nitrogens with one attached hydrogen (secondary N) is 1. The number of carbonyl (C=O) groups excluding carboxylic acids is 3. The molecule has 3 amide bonds. The Morgan fingerprint density at radius 3 is 2.56 bits per heavy atom. The number of nitrogens with two attached hydrogens (primary N) is 1. The molecule has 0 bridgehead atoms. The van der Waals surface area contributed by atoms with Gasteiger partial charge in [-0.05, 0) is 56.2 Å². The fraction of sp³-hybridized carbons (Fsp3) is 0.318. The molecule has 2 aromatic carbocycles. The maximum atomic E-state index is 13.0. The zero-order chi connectivity index (χ0) is 23.3. The van der Waals surface area contributed by atoms with Crippen LogP contribution in [0.2, 0.25) is 0 Å². The number of ether oxygens (including phenoxy) is 1. The lowest BCUT2D eigenvalue weighted by atomic mass is 10.1. The lowest BCUT2D eigenvalue weighted by Crippen LogP contribution is -2.43. The maximum absolute atomic E-state index is 13.0. The van der Waals surface area contributed by atoms with Crippen LogP contribution in [-0.4, -0.2) is 46.7 Å². The molecule has 0 spiro atoms. The molecule has 3 rings (SSSR count). The first kappa shape index (κ1) is 22.7. The number of primary amides is 1. The molecule has 1 heterocycles. The molecule has 1 saturated heterocycles. The van der Waals surface area contributed by atoms with Crippen LogP contribution in [0.25, 0.3) is 0 Å². The van der Waals surface area contributed by atoms with Gasteiger partial charge in [-0.15, -0.1) is 0 Å². The lowest BCUT2D eigenvalue weighted by molar-refractivity contribution is -0.385. The number of hydrogen-bond acceptors (Lipinski definition) is 6. The number of nitrogens with zero attached hydrogens (tertiary/aromatic N) is 2. The van der Waals surface area contributed by atoms with Crippen molar-refractivity contribution < 1.29 is 24.0 Å². The highest BCUT2D eigenvalue weighted by molar-refractivity contribution is 6.01. The zero-order valence-electron chi connectivity index (χ0n) is 17.6. The minimum atomic E-state index is -0.635. The summed E-state index contributed by atoms with van der Waals surface area (Å²) >= 11 is 0. The first-order valence-corrected chi connectivity index (χ1v) is 10.1. The summed E-state index contributed by atoms with van der Waals surface area (Å²) in [6.07, 6.45) is 1.32.